The molecule has 0 aliphatic heterocycles. The first kappa shape index (κ1) is 19.2. The Bertz CT molecular complexity index is 886. The number of nitrogens with zero attached hydrogens (tertiary/aromatic N) is 2. The van der Waals surface area contributed by atoms with E-state index in [4.69, 9.17) is 4.74 Å². The summed E-state index contributed by atoms with van der Waals surface area (Å²) in [6, 6.07) is 18.9. The zero-order valence-electron chi connectivity index (χ0n) is 15.0. The van der Waals surface area contributed by atoms with Crippen molar-refractivity contribution in [2.75, 3.05) is 26.1 Å². The minimum absolute atomic E-state index is 0. The van der Waals surface area contributed by atoms with Crippen molar-refractivity contribution in [3.8, 4) is 5.75 Å². The summed E-state index contributed by atoms with van der Waals surface area (Å²) < 4.78 is 7.41. The quantitative estimate of drug-likeness (QED) is 0.438. The van der Waals surface area contributed by atoms with Crippen LogP contribution in [0.15, 0.2) is 54.6 Å². The highest BCUT2D eigenvalue weighted by Gasteiger charge is 2.10. The van der Waals surface area contributed by atoms with Crippen LogP contribution >= 0.6 is 0 Å². The average molecular weight is 446 g/mol. The van der Waals surface area contributed by atoms with E-state index < -0.39 is 0 Å². The van der Waals surface area contributed by atoms with E-state index in [9.17, 15) is 0 Å². The van der Waals surface area contributed by atoms with E-state index in [0.717, 1.165) is 17.0 Å². The Morgan fingerprint density at radius 3 is 2.28 bits per heavy atom. The Labute approximate surface area is 166 Å². The van der Waals surface area contributed by atoms with Crippen LogP contribution in [0.5, 0.6) is 5.75 Å². The third kappa shape index (κ3) is 4.31. The molecule has 130 valence electrons. The largest absolute Gasteiger partial charge is 1.00 e. The van der Waals surface area contributed by atoms with E-state index in [0.29, 0.717) is 0 Å². The lowest BCUT2D eigenvalue weighted by molar-refractivity contribution is -0.646. The van der Waals surface area contributed by atoms with Crippen LogP contribution in [0.1, 0.15) is 11.3 Å². The molecule has 0 saturated carbocycles. The Morgan fingerprint density at radius 1 is 0.920 bits per heavy atom. The van der Waals surface area contributed by atoms with Gasteiger partial charge in [-0.2, -0.15) is 4.57 Å². The molecular weight excluding hydrogens is 423 g/mol. The van der Waals surface area contributed by atoms with Crippen molar-refractivity contribution in [3.63, 3.8) is 0 Å². The van der Waals surface area contributed by atoms with Crippen molar-refractivity contribution < 1.29 is 33.3 Å². The van der Waals surface area contributed by atoms with Crippen LogP contribution in [0.25, 0.3) is 23.1 Å². The summed E-state index contributed by atoms with van der Waals surface area (Å²) in [7, 11) is 7.91. The number of benzene rings is 2. The lowest BCUT2D eigenvalue weighted by Gasteiger charge is -2.12. The fourth-order valence-corrected chi connectivity index (χ4v) is 2.75. The summed E-state index contributed by atoms with van der Waals surface area (Å²) >= 11 is 0. The molecule has 1 heterocycles. The first-order chi connectivity index (χ1) is 11.6. The van der Waals surface area contributed by atoms with Crippen LogP contribution in [-0.2, 0) is 7.05 Å². The second-order valence-electron chi connectivity index (χ2n) is 6.06. The maximum atomic E-state index is 5.19. The molecule has 1 aromatic heterocycles. The molecule has 0 atom stereocenters. The molecule has 2 aromatic carbocycles. The van der Waals surface area contributed by atoms with Crippen molar-refractivity contribution in [2.24, 2.45) is 7.05 Å². The standard InChI is InChI=1S/C21H23N2O.HI/c1-22(2)19-11-14-21-17(15-19)8-10-18(23(21)3)9-5-16-6-12-20(24-4)13-7-16;/h5-15H,1-4H3;1H/q+1;/p-1. The predicted molar refractivity (Wildman–Crippen MR) is 101 cm³/mol. The molecule has 3 rings (SSSR count). The summed E-state index contributed by atoms with van der Waals surface area (Å²) in [4.78, 5) is 2.12. The topological polar surface area (TPSA) is 16.4 Å². The number of aromatic nitrogens is 1. The Hall–Kier alpha value is -2.08. The second-order valence-corrected chi connectivity index (χ2v) is 6.06. The monoisotopic (exact) mass is 446 g/mol. The van der Waals surface area contributed by atoms with E-state index in [2.05, 4.69) is 85.2 Å². The number of hydrogen-bond donors (Lipinski definition) is 0. The van der Waals surface area contributed by atoms with Gasteiger partial charge in [0.1, 0.15) is 12.8 Å². The second kappa shape index (κ2) is 8.34. The molecule has 0 fully saturated rings. The van der Waals surface area contributed by atoms with Crippen molar-refractivity contribution in [3.05, 3.63) is 65.9 Å². The number of ether oxygens (including phenoxy) is 1. The van der Waals surface area contributed by atoms with Gasteiger partial charge in [-0.3, -0.25) is 0 Å². The summed E-state index contributed by atoms with van der Waals surface area (Å²) in [5.74, 6) is 0.875. The predicted octanol–water partition coefficient (Wildman–Crippen LogP) is 0.913. The third-order valence-corrected chi connectivity index (χ3v) is 4.27. The van der Waals surface area contributed by atoms with Gasteiger partial charge in [-0.05, 0) is 42.0 Å². The number of rotatable bonds is 4. The van der Waals surface area contributed by atoms with Gasteiger partial charge in [0.25, 0.3) is 0 Å². The molecule has 0 aliphatic rings. The van der Waals surface area contributed by atoms with Gasteiger partial charge in [0.15, 0.2) is 0 Å². The highest BCUT2D eigenvalue weighted by molar-refractivity contribution is 5.81. The van der Waals surface area contributed by atoms with Crippen molar-refractivity contribution in [1.29, 1.82) is 0 Å². The van der Waals surface area contributed by atoms with E-state index in [-0.39, 0.29) is 24.0 Å². The Kier molecular flexibility index (Phi) is 6.42. The zero-order chi connectivity index (χ0) is 17.1. The van der Waals surface area contributed by atoms with Gasteiger partial charge >= 0.3 is 0 Å². The smallest absolute Gasteiger partial charge is 0.212 e. The van der Waals surface area contributed by atoms with E-state index >= 15 is 0 Å². The summed E-state index contributed by atoms with van der Waals surface area (Å²) in [5.41, 5.74) is 4.75. The number of halogens is 1. The number of methoxy groups -OCH3 is 1. The van der Waals surface area contributed by atoms with Crippen molar-refractivity contribution >= 4 is 28.7 Å². The number of pyridine rings is 1. The van der Waals surface area contributed by atoms with Crippen LogP contribution in [0.2, 0.25) is 0 Å². The third-order valence-electron chi connectivity index (χ3n) is 4.27. The fourth-order valence-electron chi connectivity index (χ4n) is 2.75. The van der Waals surface area contributed by atoms with Crippen LogP contribution < -0.4 is 38.2 Å². The molecule has 0 bridgehead atoms. The molecule has 0 spiro atoms. The van der Waals surface area contributed by atoms with Gasteiger partial charge in [0.2, 0.25) is 11.2 Å². The molecule has 0 aliphatic carbocycles. The van der Waals surface area contributed by atoms with Gasteiger partial charge in [-0.25, -0.2) is 0 Å². The average Bonchev–Trinajstić information content (AvgIpc) is 2.61. The van der Waals surface area contributed by atoms with Crippen molar-refractivity contribution in [2.45, 2.75) is 0 Å². The van der Waals surface area contributed by atoms with E-state index in [1.165, 1.54) is 16.6 Å². The maximum absolute atomic E-state index is 5.19. The van der Waals surface area contributed by atoms with E-state index in [1.807, 2.05) is 12.1 Å². The Balaban J connectivity index is 0.00000225. The summed E-state index contributed by atoms with van der Waals surface area (Å²) in [5, 5.41) is 1.24. The van der Waals surface area contributed by atoms with Gasteiger partial charge in [0.05, 0.1) is 7.11 Å². The lowest BCUT2D eigenvalue weighted by atomic mass is 10.1. The van der Waals surface area contributed by atoms with Gasteiger partial charge in [-0.1, -0.05) is 12.1 Å². The van der Waals surface area contributed by atoms with E-state index in [1.54, 1.807) is 7.11 Å². The van der Waals surface area contributed by atoms with Crippen molar-refractivity contribution in [1.82, 2.24) is 0 Å². The SMILES string of the molecule is COc1ccc(C=Cc2ccc3cc(N(C)C)ccc3[n+]2C)cc1.[I-]. The normalized spacial score (nSPS) is 10.7. The molecule has 0 amide bonds. The highest BCUT2D eigenvalue weighted by atomic mass is 127. The van der Waals surface area contributed by atoms with Crippen LogP contribution in [0.3, 0.4) is 0 Å². The molecule has 3 aromatic rings. The molecule has 25 heavy (non-hydrogen) atoms. The summed E-state index contributed by atoms with van der Waals surface area (Å²) in [6.07, 6.45) is 4.26. The van der Waals surface area contributed by atoms with Crippen LogP contribution in [0, 0.1) is 0 Å². The van der Waals surface area contributed by atoms with Gasteiger partial charge in [-0.15, -0.1) is 0 Å². The summed E-state index contributed by atoms with van der Waals surface area (Å²) in [6.45, 7) is 0. The highest BCUT2D eigenvalue weighted by Crippen LogP contribution is 2.19. The first-order valence-corrected chi connectivity index (χ1v) is 8.01. The molecular formula is C21H23IN2O. The minimum atomic E-state index is 0. The lowest BCUT2D eigenvalue weighted by Crippen LogP contribution is -3.00. The molecule has 0 unspecified atom stereocenters. The molecule has 4 heteroatoms. The zero-order valence-corrected chi connectivity index (χ0v) is 17.2. The first-order valence-electron chi connectivity index (χ1n) is 8.01. The Morgan fingerprint density at radius 2 is 1.64 bits per heavy atom. The van der Waals surface area contributed by atoms with Crippen LogP contribution in [0.4, 0.5) is 5.69 Å². The molecule has 0 saturated heterocycles. The van der Waals surface area contributed by atoms with Gasteiger partial charge in [0, 0.05) is 43.4 Å². The molecule has 0 N–H and O–H groups in total. The molecule has 3 nitrogen and oxygen atoms in total. The number of aryl methyl sites for hydroxylation is 1. The number of hydrogen-bond acceptors (Lipinski definition) is 2. The minimum Gasteiger partial charge on any atom is -1.00 e. The van der Waals surface area contributed by atoms with Crippen LogP contribution in [-0.4, -0.2) is 21.2 Å². The fraction of sp³-hybridized carbons (Fsp3) is 0.190. The maximum Gasteiger partial charge on any atom is 0.212 e. The number of fused-ring (bicyclic) bond motifs is 1. The number of anilines is 1. The van der Waals surface area contributed by atoms with Gasteiger partial charge < -0.3 is 33.6 Å². The molecule has 0 radical (unpaired) electrons.